The highest BCUT2D eigenvalue weighted by Crippen LogP contribution is 2.32. The summed E-state index contributed by atoms with van der Waals surface area (Å²) in [6.45, 7) is 0.439. The summed E-state index contributed by atoms with van der Waals surface area (Å²) >= 11 is 0. The second kappa shape index (κ2) is 12.9. The number of hydrogen-bond donors (Lipinski definition) is 0. The van der Waals surface area contributed by atoms with Gasteiger partial charge in [0.15, 0.2) is 5.78 Å². The van der Waals surface area contributed by atoms with Gasteiger partial charge in [-0.15, -0.1) is 0 Å². The number of para-hydroxylation sites is 1. The molecule has 192 valence electrons. The van der Waals surface area contributed by atoms with Crippen molar-refractivity contribution in [2.24, 2.45) is 0 Å². The summed E-state index contributed by atoms with van der Waals surface area (Å²) in [6.07, 6.45) is -0.479. The van der Waals surface area contributed by atoms with Crippen LogP contribution in [0.1, 0.15) is 38.3 Å². The summed E-state index contributed by atoms with van der Waals surface area (Å²) in [5, 5.41) is 0. The van der Waals surface area contributed by atoms with E-state index in [1.54, 1.807) is 30.3 Å². The molecule has 4 rings (SSSR count). The Morgan fingerprint density at radius 3 is 1.66 bits per heavy atom. The molecule has 7 heteroatoms. The zero-order chi connectivity index (χ0) is 26.7. The van der Waals surface area contributed by atoms with Crippen LogP contribution in [0.15, 0.2) is 103 Å². The van der Waals surface area contributed by atoms with Crippen molar-refractivity contribution in [3.8, 4) is 17.2 Å². The topological polar surface area (TPSA) is 88.1 Å². The van der Waals surface area contributed by atoms with Gasteiger partial charge in [-0.3, -0.25) is 9.59 Å². The molecule has 0 atom stereocenters. The molecule has 0 spiro atoms. The number of ether oxygens (including phenoxy) is 4. The highest BCUT2D eigenvalue weighted by atomic mass is 16.5. The minimum absolute atomic E-state index is 0.0123. The number of carbonyl (C=O) groups is 3. The maximum absolute atomic E-state index is 13.5. The first kappa shape index (κ1) is 26.2. The van der Waals surface area contributed by atoms with Crippen LogP contribution >= 0.6 is 0 Å². The molecule has 0 unspecified atom stereocenters. The Hall–Kier alpha value is -4.91. The largest absolute Gasteiger partial charge is 0.488 e. The molecule has 0 aliphatic rings. The SMILES string of the molecule is COC(=O)CC(=O)c1ccccc1OC(=O)c1c(OCc2ccccc2)cccc1OCc1ccccc1. The van der Waals surface area contributed by atoms with Gasteiger partial charge in [0, 0.05) is 0 Å². The first-order chi connectivity index (χ1) is 18.5. The highest BCUT2D eigenvalue weighted by molar-refractivity contribution is 6.08. The third-order valence-corrected chi connectivity index (χ3v) is 5.59. The van der Waals surface area contributed by atoms with Gasteiger partial charge in [-0.1, -0.05) is 78.9 Å². The molecule has 4 aromatic rings. The molecule has 0 saturated heterocycles. The van der Waals surface area contributed by atoms with Crippen molar-refractivity contribution in [1.29, 1.82) is 0 Å². The van der Waals surface area contributed by atoms with Gasteiger partial charge in [-0.05, 0) is 35.4 Å². The summed E-state index contributed by atoms with van der Waals surface area (Å²) in [5.41, 5.74) is 2.00. The van der Waals surface area contributed by atoms with Gasteiger partial charge >= 0.3 is 11.9 Å². The Balaban J connectivity index is 1.63. The number of methoxy groups -OCH3 is 1. The Kier molecular flexibility index (Phi) is 8.86. The third kappa shape index (κ3) is 6.85. The normalized spacial score (nSPS) is 10.3. The summed E-state index contributed by atoms with van der Waals surface area (Å²) in [6, 6.07) is 30.3. The van der Waals surface area contributed by atoms with Crippen molar-refractivity contribution in [2.75, 3.05) is 7.11 Å². The molecule has 38 heavy (non-hydrogen) atoms. The zero-order valence-corrected chi connectivity index (χ0v) is 20.8. The number of carbonyl (C=O) groups excluding carboxylic acids is 3. The predicted octanol–water partition coefficient (Wildman–Crippen LogP) is 5.81. The van der Waals surface area contributed by atoms with Crippen LogP contribution in [-0.2, 0) is 22.7 Å². The number of ketones is 1. The van der Waals surface area contributed by atoms with E-state index in [0.717, 1.165) is 11.1 Å². The average molecular weight is 511 g/mol. The molecule has 0 N–H and O–H groups in total. The maximum Gasteiger partial charge on any atom is 0.351 e. The van der Waals surface area contributed by atoms with E-state index in [-0.39, 0.29) is 41.6 Å². The van der Waals surface area contributed by atoms with Gasteiger partial charge in [0.25, 0.3) is 0 Å². The molecule has 0 aliphatic heterocycles. The predicted molar refractivity (Wildman–Crippen MR) is 140 cm³/mol. The standard InChI is InChI=1S/C31H26O7/c1-35-29(33)19-25(32)24-15-8-9-16-26(24)38-31(34)30-27(36-20-22-11-4-2-5-12-22)17-10-18-28(30)37-21-23-13-6-3-7-14-23/h2-18H,19-21H2,1H3. The number of esters is 2. The quantitative estimate of drug-likeness (QED) is 0.109. The van der Waals surface area contributed by atoms with E-state index in [2.05, 4.69) is 4.74 Å². The first-order valence-corrected chi connectivity index (χ1v) is 11.9. The van der Waals surface area contributed by atoms with Crippen molar-refractivity contribution >= 4 is 17.7 Å². The van der Waals surface area contributed by atoms with E-state index in [1.165, 1.54) is 19.2 Å². The highest BCUT2D eigenvalue weighted by Gasteiger charge is 2.24. The van der Waals surface area contributed by atoms with Crippen LogP contribution in [0.5, 0.6) is 17.2 Å². The van der Waals surface area contributed by atoms with E-state index in [9.17, 15) is 14.4 Å². The Bertz CT molecular complexity index is 1340. The summed E-state index contributed by atoms with van der Waals surface area (Å²) in [4.78, 5) is 37.8. The minimum Gasteiger partial charge on any atom is -0.488 e. The lowest BCUT2D eigenvalue weighted by atomic mass is 10.1. The Morgan fingerprint density at radius 2 is 1.11 bits per heavy atom. The third-order valence-electron chi connectivity index (χ3n) is 5.59. The molecule has 0 fully saturated rings. The Labute approximate surface area is 220 Å². The van der Waals surface area contributed by atoms with Crippen LogP contribution < -0.4 is 14.2 Å². The fourth-order valence-corrected chi connectivity index (χ4v) is 3.66. The Morgan fingerprint density at radius 1 is 0.605 bits per heavy atom. The van der Waals surface area contributed by atoms with Gasteiger partial charge in [0.2, 0.25) is 0 Å². The monoisotopic (exact) mass is 510 g/mol. The van der Waals surface area contributed by atoms with Gasteiger partial charge < -0.3 is 18.9 Å². The molecule has 0 amide bonds. The van der Waals surface area contributed by atoms with E-state index < -0.39 is 24.1 Å². The lowest BCUT2D eigenvalue weighted by Gasteiger charge is -2.16. The number of Topliss-reactive ketones (excluding diaryl/α,β-unsaturated/α-hetero) is 1. The number of hydrogen-bond acceptors (Lipinski definition) is 7. The van der Waals surface area contributed by atoms with Crippen LogP contribution in [0.25, 0.3) is 0 Å². The summed E-state index contributed by atoms with van der Waals surface area (Å²) < 4.78 is 22.3. The summed E-state index contributed by atoms with van der Waals surface area (Å²) in [7, 11) is 1.20. The fourth-order valence-electron chi connectivity index (χ4n) is 3.66. The van der Waals surface area contributed by atoms with E-state index in [1.807, 2.05) is 60.7 Å². The molecular formula is C31H26O7. The smallest absolute Gasteiger partial charge is 0.351 e. The van der Waals surface area contributed by atoms with Gasteiger partial charge in [0.1, 0.15) is 42.4 Å². The van der Waals surface area contributed by atoms with Crippen LogP contribution in [-0.4, -0.2) is 24.8 Å². The van der Waals surface area contributed by atoms with Crippen molar-refractivity contribution in [1.82, 2.24) is 0 Å². The molecule has 7 nitrogen and oxygen atoms in total. The van der Waals surface area contributed by atoms with E-state index in [4.69, 9.17) is 14.2 Å². The summed E-state index contributed by atoms with van der Waals surface area (Å²) in [5.74, 6) is -1.44. The minimum atomic E-state index is -0.768. The van der Waals surface area contributed by atoms with Gasteiger partial charge in [0.05, 0.1) is 12.7 Å². The molecule has 0 saturated carbocycles. The van der Waals surface area contributed by atoms with Crippen molar-refractivity contribution in [3.63, 3.8) is 0 Å². The molecule has 0 bridgehead atoms. The van der Waals surface area contributed by atoms with Crippen LogP contribution in [0.3, 0.4) is 0 Å². The number of benzene rings is 4. The van der Waals surface area contributed by atoms with Crippen LogP contribution in [0.4, 0.5) is 0 Å². The molecular weight excluding hydrogens is 484 g/mol. The van der Waals surface area contributed by atoms with Crippen molar-refractivity contribution in [3.05, 3.63) is 125 Å². The van der Waals surface area contributed by atoms with Gasteiger partial charge in [-0.25, -0.2) is 4.79 Å². The lowest BCUT2D eigenvalue weighted by Crippen LogP contribution is -2.16. The fraction of sp³-hybridized carbons (Fsp3) is 0.129. The van der Waals surface area contributed by atoms with E-state index >= 15 is 0 Å². The maximum atomic E-state index is 13.5. The molecule has 0 heterocycles. The molecule has 0 aliphatic carbocycles. The molecule has 0 aromatic heterocycles. The van der Waals surface area contributed by atoms with Crippen molar-refractivity contribution < 1.29 is 33.3 Å². The first-order valence-electron chi connectivity index (χ1n) is 11.9. The van der Waals surface area contributed by atoms with Crippen LogP contribution in [0.2, 0.25) is 0 Å². The van der Waals surface area contributed by atoms with Gasteiger partial charge in [-0.2, -0.15) is 0 Å². The second-order valence-electron chi connectivity index (χ2n) is 8.24. The van der Waals surface area contributed by atoms with E-state index in [0.29, 0.717) is 0 Å². The average Bonchev–Trinajstić information content (AvgIpc) is 2.96. The zero-order valence-electron chi connectivity index (χ0n) is 20.8. The second-order valence-corrected chi connectivity index (χ2v) is 8.24. The molecule has 0 radical (unpaired) electrons. The molecule has 4 aromatic carbocycles. The number of rotatable bonds is 11. The van der Waals surface area contributed by atoms with Crippen molar-refractivity contribution in [2.45, 2.75) is 19.6 Å². The van der Waals surface area contributed by atoms with Crippen LogP contribution in [0, 0.1) is 0 Å². The lowest BCUT2D eigenvalue weighted by molar-refractivity contribution is -0.139.